The molecule has 6 heteroatoms. The van der Waals surface area contributed by atoms with Crippen LogP contribution in [0.5, 0.6) is 0 Å². The molecule has 1 atom stereocenters. The second-order valence-electron chi connectivity index (χ2n) is 6.67. The molecule has 1 heterocycles. The van der Waals surface area contributed by atoms with Crippen LogP contribution in [0.15, 0.2) is 24.3 Å². The van der Waals surface area contributed by atoms with E-state index in [1.54, 1.807) is 0 Å². The highest BCUT2D eigenvalue weighted by atomic mass is 16.8. The van der Waals surface area contributed by atoms with Crippen LogP contribution >= 0.6 is 0 Å². The van der Waals surface area contributed by atoms with Crippen molar-refractivity contribution in [3.05, 3.63) is 29.8 Å². The molecule has 0 aliphatic carbocycles. The van der Waals surface area contributed by atoms with Gasteiger partial charge in [-0.1, -0.05) is 24.3 Å². The van der Waals surface area contributed by atoms with Gasteiger partial charge < -0.3 is 9.31 Å². The van der Waals surface area contributed by atoms with Crippen LogP contribution in [0, 0.1) is 0 Å². The van der Waals surface area contributed by atoms with Crippen LogP contribution in [0.25, 0.3) is 0 Å². The minimum absolute atomic E-state index is 0.151. The van der Waals surface area contributed by atoms with Crippen LogP contribution in [0.2, 0.25) is 0 Å². The fraction of sp³-hybridized carbons (Fsp3) is 0.600. The zero-order chi connectivity index (χ0) is 15.7. The average molecular weight is 292 g/mol. The molecule has 0 spiro atoms. The summed E-state index contributed by atoms with van der Waals surface area (Å²) in [6.07, 6.45) is 0.834. The van der Waals surface area contributed by atoms with Crippen LogP contribution in [-0.2, 0) is 20.7 Å². The number of nitrogens with one attached hydrogen (secondary N) is 1. The van der Waals surface area contributed by atoms with E-state index >= 15 is 0 Å². The van der Waals surface area contributed by atoms with E-state index in [0.29, 0.717) is 0 Å². The third-order valence-corrected chi connectivity index (χ3v) is 4.32. The summed E-state index contributed by atoms with van der Waals surface area (Å²) >= 11 is 0. The lowest BCUT2D eigenvalue weighted by atomic mass is 9.78. The van der Waals surface area contributed by atoms with Gasteiger partial charge in [-0.3, -0.25) is 0 Å². The molecule has 1 fully saturated rings. The number of benzene rings is 1. The van der Waals surface area contributed by atoms with E-state index in [0.717, 1.165) is 11.9 Å². The maximum atomic E-state index is 6.04. The molecule has 0 saturated carbocycles. The molecule has 5 nitrogen and oxygen atoms in total. The summed E-state index contributed by atoms with van der Waals surface area (Å²) in [7, 11) is -0.313. The molecule has 116 valence electrons. The summed E-state index contributed by atoms with van der Waals surface area (Å²) in [5.74, 6) is 5.00. The van der Waals surface area contributed by atoms with Crippen LogP contribution in [-0.4, -0.2) is 24.4 Å². The summed E-state index contributed by atoms with van der Waals surface area (Å²) in [5.41, 5.74) is 4.33. The maximum Gasteiger partial charge on any atom is 0.494 e. The zero-order valence-corrected chi connectivity index (χ0v) is 13.5. The van der Waals surface area contributed by atoms with E-state index in [9.17, 15) is 0 Å². The summed E-state index contributed by atoms with van der Waals surface area (Å²) in [6, 6.07) is 8.41. The first-order chi connectivity index (χ1) is 9.75. The number of rotatable bonds is 5. The molecular weight excluding hydrogens is 267 g/mol. The maximum absolute atomic E-state index is 6.04. The van der Waals surface area contributed by atoms with Gasteiger partial charge in [0.1, 0.15) is 0 Å². The second-order valence-corrected chi connectivity index (χ2v) is 6.67. The van der Waals surface area contributed by atoms with Crippen molar-refractivity contribution in [2.75, 3.05) is 0 Å². The van der Waals surface area contributed by atoms with Crippen LogP contribution < -0.4 is 16.8 Å². The van der Waals surface area contributed by atoms with Gasteiger partial charge in [0.05, 0.1) is 11.2 Å². The third kappa shape index (κ3) is 3.65. The standard InChI is InChI=1S/C15H25BN2O3/c1-11(18-21-17)10-12-6-8-13(9-7-12)16-19-14(2,3)15(4,5)20-16/h6-9,11,18H,10,17H2,1-5H3. The van der Waals surface area contributed by atoms with Gasteiger partial charge in [-0.15, -0.1) is 0 Å². The Balaban J connectivity index is 2.03. The molecule has 1 saturated heterocycles. The normalized spacial score (nSPS) is 21.5. The van der Waals surface area contributed by atoms with Crippen LogP contribution in [0.1, 0.15) is 40.2 Å². The highest BCUT2D eigenvalue weighted by Crippen LogP contribution is 2.36. The van der Waals surface area contributed by atoms with E-state index in [4.69, 9.17) is 15.2 Å². The van der Waals surface area contributed by atoms with Crippen molar-refractivity contribution in [3.63, 3.8) is 0 Å². The van der Waals surface area contributed by atoms with Gasteiger partial charge >= 0.3 is 7.12 Å². The van der Waals surface area contributed by atoms with E-state index in [1.807, 2.05) is 19.1 Å². The number of nitrogens with two attached hydrogens (primary N) is 1. The van der Waals surface area contributed by atoms with Crippen LogP contribution in [0.3, 0.4) is 0 Å². The van der Waals surface area contributed by atoms with Gasteiger partial charge in [-0.25, -0.2) is 4.94 Å². The Morgan fingerprint density at radius 1 is 1.14 bits per heavy atom. The SMILES string of the molecule is CC(Cc1ccc(B2OC(C)(C)C(C)(C)O2)cc1)NON. The van der Waals surface area contributed by atoms with E-state index in [1.165, 1.54) is 5.56 Å². The first-order valence-electron chi connectivity index (χ1n) is 7.31. The molecule has 3 N–H and O–H groups in total. The molecule has 1 aromatic rings. The monoisotopic (exact) mass is 292 g/mol. The Kier molecular flexibility index (Phi) is 4.75. The Morgan fingerprint density at radius 2 is 1.67 bits per heavy atom. The van der Waals surface area contributed by atoms with E-state index in [2.05, 4.69) is 50.2 Å². The van der Waals surface area contributed by atoms with Gasteiger partial charge in [0.2, 0.25) is 0 Å². The third-order valence-electron chi connectivity index (χ3n) is 4.32. The van der Waals surface area contributed by atoms with Crippen molar-refractivity contribution in [2.24, 2.45) is 5.90 Å². The van der Waals surface area contributed by atoms with Crippen molar-refractivity contribution in [2.45, 2.75) is 58.3 Å². The van der Waals surface area contributed by atoms with Crippen LogP contribution in [0.4, 0.5) is 0 Å². The molecule has 1 aromatic carbocycles. The first-order valence-corrected chi connectivity index (χ1v) is 7.31. The van der Waals surface area contributed by atoms with Gasteiger partial charge in [-0.05, 0) is 52.1 Å². The molecular formula is C15H25BN2O3. The summed E-state index contributed by atoms with van der Waals surface area (Å²) in [5, 5.41) is 0. The van der Waals surface area contributed by atoms with Crippen molar-refractivity contribution in [3.8, 4) is 0 Å². The Labute approximate surface area is 127 Å². The lowest BCUT2D eigenvalue weighted by molar-refractivity contribution is 0.00578. The van der Waals surface area contributed by atoms with E-state index < -0.39 is 0 Å². The van der Waals surface area contributed by atoms with Crippen molar-refractivity contribution in [1.82, 2.24) is 5.48 Å². The summed E-state index contributed by atoms with van der Waals surface area (Å²) < 4.78 is 12.1. The molecule has 0 amide bonds. The minimum atomic E-state index is -0.313. The predicted molar refractivity (Wildman–Crippen MR) is 83.7 cm³/mol. The average Bonchev–Trinajstić information content (AvgIpc) is 2.59. The first kappa shape index (κ1) is 16.5. The number of hydroxylamine groups is 1. The van der Waals surface area contributed by atoms with Crippen molar-refractivity contribution >= 4 is 12.6 Å². The largest absolute Gasteiger partial charge is 0.494 e. The Hall–Kier alpha value is -0.915. The van der Waals surface area contributed by atoms with Gasteiger partial charge in [0, 0.05) is 6.04 Å². The fourth-order valence-corrected chi connectivity index (χ4v) is 2.30. The van der Waals surface area contributed by atoms with Gasteiger partial charge in [0.25, 0.3) is 0 Å². The Morgan fingerprint density at radius 3 is 2.14 bits per heavy atom. The van der Waals surface area contributed by atoms with E-state index in [-0.39, 0.29) is 24.4 Å². The van der Waals surface area contributed by atoms with Crippen molar-refractivity contribution < 1.29 is 14.2 Å². The fourth-order valence-electron chi connectivity index (χ4n) is 2.30. The molecule has 1 aliphatic heterocycles. The molecule has 1 aliphatic rings. The number of hydrogen-bond donors (Lipinski definition) is 2. The Bertz CT molecular complexity index is 460. The quantitative estimate of drug-likeness (QED) is 0.633. The summed E-state index contributed by atoms with van der Waals surface area (Å²) in [4.78, 5) is 4.44. The smallest absolute Gasteiger partial charge is 0.399 e. The molecule has 2 rings (SSSR count). The molecule has 0 radical (unpaired) electrons. The van der Waals surface area contributed by atoms with Crippen molar-refractivity contribution in [1.29, 1.82) is 0 Å². The lowest BCUT2D eigenvalue weighted by Gasteiger charge is -2.32. The number of hydrogen-bond acceptors (Lipinski definition) is 5. The highest BCUT2D eigenvalue weighted by Gasteiger charge is 2.51. The lowest BCUT2D eigenvalue weighted by Crippen LogP contribution is -2.41. The van der Waals surface area contributed by atoms with Gasteiger partial charge in [-0.2, -0.15) is 11.4 Å². The minimum Gasteiger partial charge on any atom is -0.399 e. The topological polar surface area (TPSA) is 65.7 Å². The molecule has 21 heavy (non-hydrogen) atoms. The molecule has 0 aromatic heterocycles. The highest BCUT2D eigenvalue weighted by molar-refractivity contribution is 6.62. The second kappa shape index (κ2) is 6.06. The summed E-state index contributed by atoms with van der Waals surface area (Å²) in [6.45, 7) is 10.2. The predicted octanol–water partition coefficient (Wildman–Crippen LogP) is 1.31. The van der Waals surface area contributed by atoms with Gasteiger partial charge in [0.15, 0.2) is 0 Å². The molecule has 1 unspecified atom stereocenters. The zero-order valence-electron chi connectivity index (χ0n) is 13.5. The molecule has 0 bridgehead atoms.